The minimum atomic E-state index is -4.02. The first-order chi connectivity index (χ1) is 9.45. The number of hydrogen-bond acceptors (Lipinski definition) is 2. The molecule has 1 heterocycles. The molecule has 2 rings (SSSR count). The van der Waals surface area contributed by atoms with Gasteiger partial charge in [-0.1, -0.05) is 0 Å². The molecule has 6 heteroatoms. The maximum absolute atomic E-state index is 12.6. The summed E-state index contributed by atoms with van der Waals surface area (Å²) in [5, 5.41) is 7.58. The van der Waals surface area contributed by atoms with Gasteiger partial charge in [-0.15, -0.1) is 0 Å². The summed E-state index contributed by atoms with van der Waals surface area (Å²) in [6.45, 7) is 2.92. The Morgan fingerprint density at radius 3 is 2.55 bits per heavy atom. The van der Waals surface area contributed by atoms with Crippen LogP contribution >= 0.6 is 0 Å². The summed E-state index contributed by atoms with van der Waals surface area (Å²) >= 11 is 0. The summed E-state index contributed by atoms with van der Waals surface area (Å²) in [6, 6.07) is 2.41. The average Bonchev–Trinajstić information content (AvgIpc) is 2.89. The van der Waals surface area contributed by atoms with Gasteiger partial charge in [0.1, 0.15) is 0 Å². The van der Waals surface area contributed by atoms with E-state index in [2.05, 4.69) is 17.3 Å². The smallest absolute Gasteiger partial charge is 0.311 e. The molecule has 0 aromatic carbocycles. The molecule has 0 saturated heterocycles. The molecule has 0 radical (unpaired) electrons. The van der Waals surface area contributed by atoms with Crippen LogP contribution in [-0.2, 0) is 6.54 Å². The van der Waals surface area contributed by atoms with E-state index in [9.17, 15) is 13.2 Å². The lowest BCUT2D eigenvalue weighted by molar-refractivity contribution is -0.182. The average molecular weight is 289 g/mol. The Morgan fingerprint density at radius 2 is 2.00 bits per heavy atom. The number of nitrogens with zero attached hydrogens (tertiary/aromatic N) is 2. The Morgan fingerprint density at radius 1 is 1.30 bits per heavy atom. The summed E-state index contributed by atoms with van der Waals surface area (Å²) in [5.41, 5.74) is 0. The van der Waals surface area contributed by atoms with E-state index in [0.717, 1.165) is 13.0 Å². The maximum atomic E-state index is 12.6. The normalized spacial score (nSPS) is 25.6. The molecule has 3 nitrogen and oxygen atoms in total. The number of nitrogens with one attached hydrogen (secondary N) is 1. The molecule has 0 amide bonds. The third kappa shape index (κ3) is 4.51. The van der Waals surface area contributed by atoms with E-state index >= 15 is 0 Å². The highest BCUT2D eigenvalue weighted by Gasteiger charge is 2.41. The van der Waals surface area contributed by atoms with Crippen molar-refractivity contribution in [2.75, 3.05) is 0 Å². The number of rotatable bonds is 5. The van der Waals surface area contributed by atoms with Crippen molar-refractivity contribution < 1.29 is 13.2 Å². The SMILES string of the molecule is C[C@@H](CCn1cccn1)NC1CCC(C(F)(F)F)CC1. The van der Waals surface area contributed by atoms with Crippen molar-refractivity contribution in [3.8, 4) is 0 Å². The second-order valence-electron chi connectivity index (χ2n) is 5.72. The maximum Gasteiger partial charge on any atom is 0.391 e. The summed E-state index contributed by atoms with van der Waals surface area (Å²) < 4.78 is 39.6. The van der Waals surface area contributed by atoms with E-state index < -0.39 is 12.1 Å². The molecule has 0 spiro atoms. The van der Waals surface area contributed by atoms with Crippen LogP contribution in [0.4, 0.5) is 13.2 Å². The van der Waals surface area contributed by atoms with Crippen molar-refractivity contribution in [2.45, 2.75) is 63.8 Å². The Hall–Kier alpha value is -1.04. The highest BCUT2D eigenvalue weighted by molar-refractivity contribution is 4.83. The highest BCUT2D eigenvalue weighted by Crippen LogP contribution is 2.37. The Bertz CT molecular complexity index is 381. The zero-order valence-electron chi connectivity index (χ0n) is 11.7. The molecular weight excluding hydrogens is 267 g/mol. The molecule has 1 aliphatic rings. The minimum absolute atomic E-state index is 0.223. The van der Waals surface area contributed by atoms with Crippen LogP contribution in [0.3, 0.4) is 0 Å². The second kappa shape index (κ2) is 6.61. The lowest BCUT2D eigenvalue weighted by Gasteiger charge is -2.32. The quantitative estimate of drug-likeness (QED) is 0.900. The molecule has 1 aliphatic carbocycles. The van der Waals surface area contributed by atoms with E-state index in [4.69, 9.17) is 0 Å². The van der Waals surface area contributed by atoms with Gasteiger partial charge in [0.2, 0.25) is 0 Å². The number of alkyl halides is 3. The van der Waals surface area contributed by atoms with Crippen LogP contribution in [0.2, 0.25) is 0 Å². The molecule has 1 atom stereocenters. The Balaban J connectivity index is 1.67. The van der Waals surface area contributed by atoms with Gasteiger partial charge < -0.3 is 5.32 Å². The van der Waals surface area contributed by atoms with Gasteiger partial charge in [0.25, 0.3) is 0 Å². The molecule has 1 aromatic heterocycles. The monoisotopic (exact) mass is 289 g/mol. The lowest BCUT2D eigenvalue weighted by Crippen LogP contribution is -2.41. The fraction of sp³-hybridized carbons (Fsp3) is 0.786. The van der Waals surface area contributed by atoms with Crippen LogP contribution in [0.25, 0.3) is 0 Å². The Kier molecular flexibility index (Phi) is 5.07. The molecule has 20 heavy (non-hydrogen) atoms. The van der Waals surface area contributed by atoms with Crippen molar-refractivity contribution in [2.24, 2.45) is 5.92 Å². The standard InChI is InChI=1S/C14H22F3N3/c1-11(7-10-20-9-2-8-18-20)19-13-5-3-12(4-6-13)14(15,16)17/h2,8-9,11-13,19H,3-7,10H2,1H3/t11-,12?,13?/m0/s1. The van der Waals surface area contributed by atoms with E-state index in [1.165, 1.54) is 0 Å². The molecule has 1 saturated carbocycles. The predicted octanol–water partition coefficient (Wildman–Crippen LogP) is 3.37. The number of aromatic nitrogens is 2. The lowest BCUT2D eigenvalue weighted by atomic mass is 9.85. The third-order valence-electron chi connectivity index (χ3n) is 4.06. The summed E-state index contributed by atoms with van der Waals surface area (Å²) in [5.74, 6) is -1.10. The van der Waals surface area contributed by atoms with E-state index in [-0.39, 0.29) is 18.9 Å². The third-order valence-corrected chi connectivity index (χ3v) is 4.06. The number of halogens is 3. The molecule has 1 N–H and O–H groups in total. The first kappa shape index (κ1) is 15.4. The summed E-state index contributed by atoms with van der Waals surface area (Å²) in [4.78, 5) is 0. The molecule has 0 aliphatic heterocycles. The molecule has 0 unspecified atom stereocenters. The van der Waals surface area contributed by atoms with Crippen molar-refractivity contribution in [3.63, 3.8) is 0 Å². The fourth-order valence-electron chi connectivity index (χ4n) is 2.83. The zero-order chi connectivity index (χ0) is 14.6. The van der Waals surface area contributed by atoms with Crippen molar-refractivity contribution >= 4 is 0 Å². The molecular formula is C14H22F3N3. The summed E-state index contributed by atoms with van der Waals surface area (Å²) in [7, 11) is 0. The summed E-state index contributed by atoms with van der Waals surface area (Å²) in [6.07, 6.45) is 2.34. The van der Waals surface area contributed by atoms with Gasteiger partial charge in [0.15, 0.2) is 0 Å². The number of hydrogen-bond donors (Lipinski definition) is 1. The van der Waals surface area contributed by atoms with Gasteiger partial charge in [-0.25, -0.2) is 0 Å². The zero-order valence-corrected chi connectivity index (χ0v) is 11.7. The minimum Gasteiger partial charge on any atom is -0.311 e. The predicted molar refractivity (Wildman–Crippen MR) is 71.2 cm³/mol. The first-order valence-electron chi connectivity index (χ1n) is 7.25. The largest absolute Gasteiger partial charge is 0.391 e. The van der Waals surface area contributed by atoms with E-state index in [1.807, 2.05) is 16.9 Å². The first-order valence-corrected chi connectivity index (χ1v) is 7.25. The van der Waals surface area contributed by atoms with Gasteiger partial charge in [0.05, 0.1) is 5.92 Å². The Labute approximate surface area is 117 Å². The van der Waals surface area contributed by atoms with Gasteiger partial charge in [-0.05, 0) is 45.1 Å². The fourth-order valence-corrected chi connectivity index (χ4v) is 2.83. The molecule has 0 bridgehead atoms. The van der Waals surface area contributed by atoms with Gasteiger partial charge >= 0.3 is 6.18 Å². The van der Waals surface area contributed by atoms with Crippen LogP contribution in [0.15, 0.2) is 18.5 Å². The van der Waals surface area contributed by atoms with E-state index in [1.54, 1.807) is 6.20 Å². The highest BCUT2D eigenvalue weighted by atomic mass is 19.4. The number of aryl methyl sites for hydroxylation is 1. The molecule has 1 aromatic rings. The van der Waals surface area contributed by atoms with Crippen LogP contribution in [0.5, 0.6) is 0 Å². The van der Waals surface area contributed by atoms with Gasteiger partial charge in [-0.2, -0.15) is 18.3 Å². The molecule has 114 valence electrons. The molecule has 1 fully saturated rings. The van der Waals surface area contributed by atoms with Crippen molar-refractivity contribution in [3.05, 3.63) is 18.5 Å². The van der Waals surface area contributed by atoms with Crippen molar-refractivity contribution in [1.82, 2.24) is 15.1 Å². The van der Waals surface area contributed by atoms with Gasteiger partial charge in [0, 0.05) is 31.0 Å². The topological polar surface area (TPSA) is 29.9 Å². The van der Waals surface area contributed by atoms with Crippen LogP contribution in [-0.4, -0.2) is 28.0 Å². The van der Waals surface area contributed by atoms with Crippen LogP contribution < -0.4 is 5.32 Å². The second-order valence-corrected chi connectivity index (χ2v) is 5.72. The van der Waals surface area contributed by atoms with Crippen LogP contribution in [0.1, 0.15) is 39.0 Å². The van der Waals surface area contributed by atoms with E-state index in [0.29, 0.717) is 18.9 Å². The van der Waals surface area contributed by atoms with Crippen LogP contribution in [0, 0.1) is 5.92 Å². The van der Waals surface area contributed by atoms with Gasteiger partial charge in [-0.3, -0.25) is 4.68 Å². The van der Waals surface area contributed by atoms with Crippen molar-refractivity contribution in [1.29, 1.82) is 0 Å².